The summed E-state index contributed by atoms with van der Waals surface area (Å²) in [5, 5.41) is 17.4. The predicted octanol–water partition coefficient (Wildman–Crippen LogP) is 6.03. The van der Waals surface area contributed by atoms with E-state index in [2.05, 4.69) is 15.1 Å². The first-order chi connectivity index (χ1) is 21.5. The summed E-state index contributed by atoms with van der Waals surface area (Å²) in [7, 11) is -2.54. The van der Waals surface area contributed by atoms with Gasteiger partial charge < -0.3 is 15.2 Å². The van der Waals surface area contributed by atoms with E-state index in [9.17, 15) is 31.9 Å². The first-order valence-electron chi connectivity index (χ1n) is 14.0. The van der Waals surface area contributed by atoms with Crippen molar-refractivity contribution in [2.75, 3.05) is 18.4 Å². The van der Waals surface area contributed by atoms with Crippen molar-refractivity contribution in [3.8, 4) is 5.75 Å². The molecule has 11 nitrogen and oxygen atoms in total. The Hall–Kier alpha value is -3.95. The Morgan fingerprint density at radius 1 is 1.13 bits per heavy atom. The first-order valence-corrected chi connectivity index (χ1v) is 16.7. The van der Waals surface area contributed by atoms with E-state index in [4.69, 9.17) is 16.3 Å². The number of carbonyl (C=O) groups excluding carboxylic acids is 1. The molecule has 3 N–H and O–H groups in total. The molecule has 3 heterocycles. The number of rotatable bonds is 9. The number of aromatic nitrogens is 2. The lowest BCUT2D eigenvalue weighted by molar-refractivity contribution is -0.138. The van der Waals surface area contributed by atoms with E-state index in [0.717, 1.165) is 16.9 Å². The second-order valence-corrected chi connectivity index (χ2v) is 15.7. The van der Waals surface area contributed by atoms with Gasteiger partial charge in [-0.15, -0.1) is 11.3 Å². The third-order valence-electron chi connectivity index (χ3n) is 7.99. The molecular weight excluding hydrogens is 664 g/mol. The summed E-state index contributed by atoms with van der Waals surface area (Å²) < 4.78 is 65.3. The predicted molar refractivity (Wildman–Crippen MR) is 170 cm³/mol. The number of hydrogen-bond donors (Lipinski definition) is 3. The van der Waals surface area contributed by atoms with E-state index in [1.807, 2.05) is 6.07 Å². The number of carboxylic acid groups (broad SMARTS) is 1. The number of alkyl halides is 2. The molecule has 2 aromatic carbocycles. The number of likely N-dealkylation sites (tertiary alicyclic amines) is 1. The quantitative estimate of drug-likeness (QED) is 0.194. The maximum absolute atomic E-state index is 14.6. The van der Waals surface area contributed by atoms with Crippen LogP contribution >= 0.6 is 22.9 Å². The molecule has 0 unspecified atom stereocenters. The van der Waals surface area contributed by atoms with E-state index >= 15 is 0 Å². The third-order valence-corrected chi connectivity index (χ3v) is 11.1. The number of sulfonamides is 1. The van der Waals surface area contributed by atoms with E-state index in [0.29, 0.717) is 31.5 Å². The van der Waals surface area contributed by atoms with Gasteiger partial charge in [-0.1, -0.05) is 62.7 Å². The lowest BCUT2D eigenvalue weighted by atomic mass is 9.70. The Kier molecular flexibility index (Phi) is 8.72. The lowest BCUT2D eigenvalue weighted by Crippen LogP contribution is -2.63. The number of nitrogens with one attached hydrogen (secondary N) is 2. The Morgan fingerprint density at radius 3 is 2.46 bits per heavy atom. The van der Waals surface area contributed by atoms with Crippen molar-refractivity contribution in [3.05, 3.63) is 70.1 Å². The third kappa shape index (κ3) is 6.22. The second kappa shape index (κ2) is 12.0. The standard InChI is InChI=1S/C30H32ClF2N5O6S2/c1-28(2,3)30(16-29(32,33)17-37(30)27(40)41)26(39)34-14-18-7-5-8-19(13-18)15-38-20-9-6-10-21(44-4)24(20)25(35-38)36-46(42,43)23-12-11-22(31)45-23/h5-13H,14-17H2,1-4H3,(H,34,39)(H,35,36)(H,40,41)/t30-/m0/s1. The highest BCUT2D eigenvalue weighted by atomic mass is 35.5. The molecule has 2 aromatic heterocycles. The average Bonchev–Trinajstić information content (AvgIpc) is 3.65. The van der Waals surface area contributed by atoms with Gasteiger partial charge in [-0.05, 0) is 40.8 Å². The van der Waals surface area contributed by atoms with Crippen molar-refractivity contribution in [1.29, 1.82) is 0 Å². The minimum atomic E-state index is -4.00. The Labute approximate surface area is 273 Å². The summed E-state index contributed by atoms with van der Waals surface area (Å²) in [5.74, 6) is -3.70. The smallest absolute Gasteiger partial charge is 0.408 e. The zero-order valence-electron chi connectivity index (χ0n) is 25.3. The molecule has 4 aromatic rings. The van der Waals surface area contributed by atoms with Gasteiger partial charge in [0.1, 0.15) is 15.5 Å². The van der Waals surface area contributed by atoms with Gasteiger partial charge in [0, 0.05) is 13.0 Å². The van der Waals surface area contributed by atoms with Crippen molar-refractivity contribution in [2.24, 2.45) is 5.41 Å². The lowest BCUT2D eigenvalue weighted by Gasteiger charge is -2.44. The van der Waals surface area contributed by atoms with E-state index < -0.39 is 51.9 Å². The van der Waals surface area contributed by atoms with Crippen molar-refractivity contribution >= 4 is 61.7 Å². The highest BCUT2D eigenvalue weighted by molar-refractivity contribution is 7.94. The fourth-order valence-corrected chi connectivity index (χ4v) is 8.35. The molecule has 0 bridgehead atoms. The van der Waals surface area contributed by atoms with Crippen LogP contribution in [0.15, 0.2) is 58.8 Å². The van der Waals surface area contributed by atoms with Crippen molar-refractivity contribution in [3.63, 3.8) is 0 Å². The highest BCUT2D eigenvalue weighted by Crippen LogP contribution is 2.49. The van der Waals surface area contributed by atoms with Crippen molar-refractivity contribution in [1.82, 2.24) is 20.0 Å². The fourth-order valence-electron chi connectivity index (χ4n) is 5.85. The maximum Gasteiger partial charge on any atom is 0.408 e. The second-order valence-electron chi connectivity index (χ2n) is 12.0. The number of halogens is 3. The van der Waals surface area contributed by atoms with Crippen LogP contribution in [0.1, 0.15) is 38.3 Å². The van der Waals surface area contributed by atoms with Gasteiger partial charge in [-0.3, -0.25) is 19.1 Å². The highest BCUT2D eigenvalue weighted by Gasteiger charge is 2.65. The van der Waals surface area contributed by atoms with E-state index in [-0.39, 0.29) is 23.1 Å². The number of methoxy groups -OCH3 is 1. The molecule has 5 rings (SSSR count). The normalized spacial score (nSPS) is 18.1. The van der Waals surface area contributed by atoms with Crippen LogP contribution in [0.4, 0.5) is 19.4 Å². The molecule has 246 valence electrons. The molecule has 1 aliphatic rings. The van der Waals surface area contributed by atoms with Crippen LogP contribution in [0, 0.1) is 5.41 Å². The zero-order chi connectivity index (χ0) is 33.7. The fraction of sp³-hybridized carbons (Fsp3) is 0.367. The number of carbonyl (C=O) groups is 2. The van der Waals surface area contributed by atoms with Crippen LogP contribution in [-0.2, 0) is 27.9 Å². The van der Waals surface area contributed by atoms with Gasteiger partial charge in [-0.2, -0.15) is 5.10 Å². The number of benzene rings is 2. The summed E-state index contributed by atoms with van der Waals surface area (Å²) in [5.41, 5.74) is -1.16. The molecule has 1 atom stereocenters. The van der Waals surface area contributed by atoms with Crippen molar-refractivity contribution < 1.29 is 36.6 Å². The van der Waals surface area contributed by atoms with Crippen LogP contribution in [0.3, 0.4) is 0 Å². The number of amides is 2. The summed E-state index contributed by atoms with van der Waals surface area (Å²) in [6, 6.07) is 15.2. The molecule has 0 radical (unpaired) electrons. The molecule has 0 aliphatic carbocycles. The molecule has 0 spiro atoms. The number of nitrogens with zero attached hydrogens (tertiary/aromatic N) is 3. The number of thiophene rings is 1. The van der Waals surface area contributed by atoms with Gasteiger partial charge in [0.05, 0.1) is 35.4 Å². The van der Waals surface area contributed by atoms with Crippen LogP contribution in [0.2, 0.25) is 4.34 Å². The topological polar surface area (TPSA) is 143 Å². The Bertz CT molecular complexity index is 1920. The van der Waals surface area contributed by atoms with Crippen LogP contribution < -0.4 is 14.8 Å². The summed E-state index contributed by atoms with van der Waals surface area (Å²) >= 11 is 6.86. The number of hydrogen-bond acceptors (Lipinski definition) is 7. The number of anilines is 1. The Morgan fingerprint density at radius 2 is 1.83 bits per heavy atom. The molecule has 16 heteroatoms. The van der Waals surface area contributed by atoms with Gasteiger partial charge >= 0.3 is 6.09 Å². The van der Waals surface area contributed by atoms with Gasteiger partial charge in [-0.25, -0.2) is 22.0 Å². The summed E-state index contributed by atoms with van der Waals surface area (Å²) in [6.45, 7) is 3.78. The van der Waals surface area contributed by atoms with Gasteiger partial charge in [0.25, 0.3) is 15.9 Å². The van der Waals surface area contributed by atoms with Crippen molar-refractivity contribution in [2.45, 2.75) is 56.0 Å². The molecule has 46 heavy (non-hydrogen) atoms. The molecular formula is C30H32ClF2N5O6S2. The molecule has 2 amide bonds. The van der Waals surface area contributed by atoms with E-state index in [1.54, 1.807) is 61.9 Å². The monoisotopic (exact) mass is 695 g/mol. The maximum atomic E-state index is 14.6. The van der Waals surface area contributed by atoms with Gasteiger partial charge in [0.2, 0.25) is 5.91 Å². The van der Waals surface area contributed by atoms with E-state index in [1.165, 1.54) is 19.2 Å². The number of fused-ring (bicyclic) bond motifs is 1. The van der Waals surface area contributed by atoms with Gasteiger partial charge in [0.15, 0.2) is 5.82 Å². The van der Waals surface area contributed by atoms with Crippen LogP contribution in [-0.4, -0.2) is 65.3 Å². The minimum Gasteiger partial charge on any atom is -0.496 e. The Balaban J connectivity index is 1.41. The minimum absolute atomic E-state index is 0.0193. The SMILES string of the molecule is COc1cccc2c1c(NS(=O)(=O)c1ccc(Cl)s1)nn2Cc1cccc(CNC(=O)[C@]2(C(C)(C)C)CC(F)(F)CN2C(=O)O)c1. The first kappa shape index (κ1) is 33.4. The zero-order valence-corrected chi connectivity index (χ0v) is 27.7. The summed E-state index contributed by atoms with van der Waals surface area (Å²) in [4.78, 5) is 26.1. The molecule has 0 saturated carbocycles. The average molecular weight is 696 g/mol. The number of ether oxygens (including phenoxy) is 1. The molecule has 1 aliphatic heterocycles. The van der Waals surface area contributed by atoms with Crippen LogP contribution in [0.25, 0.3) is 10.9 Å². The summed E-state index contributed by atoms with van der Waals surface area (Å²) in [6.07, 6.45) is -2.52. The molecule has 1 saturated heterocycles. The largest absolute Gasteiger partial charge is 0.496 e. The van der Waals surface area contributed by atoms with Crippen LogP contribution in [0.5, 0.6) is 5.75 Å². The molecule has 1 fully saturated rings.